The highest BCUT2D eigenvalue weighted by molar-refractivity contribution is 6.03. The molecule has 2 amide bonds. The van der Waals surface area contributed by atoms with E-state index in [1.54, 1.807) is 49.4 Å². The summed E-state index contributed by atoms with van der Waals surface area (Å²) >= 11 is 0. The second-order valence-corrected chi connectivity index (χ2v) is 8.65. The van der Waals surface area contributed by atoms with Gasteiger partial charge in [-0.2, -0.15) is 0 Å². The van der Waals surface area contributed by atoms with Crippen molar-refractivity contribution in [2.45, 2.75) is 25.6 Å². The maximum absolute atomic E-state index is 14.0. The Morgan fingerprint density at radius 1 is 0.973 bits per heavy atom. The lowest BCUT2D eigenvalue weighted by molar-refractivity contribution is -0.132. The Morgan fingerprint density at radius 3 is 2.46 bits per heavy atom. The molecule has 0 radical (unpaired) electrons. The number of benzene rings is 3. The first kappa shape index (κ1) is 24.0. The van der Waals surface area contributed by atoms with Crippen LogP contribution in [0.2, 0.25) is 0 Å². The van der Waals surface area contributed by atoms with E-state index >= 15 is 0 Å². The monoisotopic (exact) mass is 498 g/mol. The maximum atomic E-state index is 14.0. The van der Waals surface area contributed by atoms with Crippen molar-refractivity contribution in [2.24, 2.45) is 0 Å². The molecule has 0 unspecified atom stereocenters. The number of amides is 2. The third-order valence-corrected chi connectivity index (χ3v) is 5.98. The normalized spacial score (nSPS) is 15.0. The van der Waals surface area contributed by atoms with Crippen LogP contribution in [-0.2, 0) is 16.1 Å². The first-order valence-corrected chi connectivity index (χ1v) is 11.9. The molecule has 2 atom stereocenters. The number of para-hydroxylation sites is 2. The molecule has 0 saturated carbocycles. The van der Waals surface area contributed by atoms with Crippen molar-refractivity contribution in [3.05, 3.63) is 108 Å². The summed E-state index contributed by atoms with van der Waals surface area (Å²) in [4.78, 5) is 29.0. The minimum absolute atomic E-state index is 0.0410. The third kappa shape index (κ3) is 5.28. The highest BCUT2D eigenvalue weighted by atomic mass is 16.6. The quantitative estimate of drug-likeness (QED) is 0.388. The van der Waals surface area contributed by atoms with E-state index in [-0.39, 0.29) is 24.7 Å². The van der Waals surface area contributed by atoms with Crippen LogP contribution < -0.4 is 19.7 Å². The number of aryl methyl sites for hydroxylation is 1. The number of carbonyl (C=O) groups excluding carboxylic acids is 2. The summed E-state index contributed by atoms with van der Waals surface area (Å²) in [5.41, 5.74) is 1.21. The van der Waals surface area contributed by atoms with E-state index in [9.17, 15) is 14.7 Å². The van der Waals surface area contributed by atoms with Gasteiger partial charge in [-0.15, -0.1) is 0 Å². The molecule has 3 aromatic carbocycles. The number of phenolic OH excluding ortho intramolecular Hbond substituents is 1. The van der Waals surface area contributed by atoms with Crippen molar-refractivity contribution in [3.8, 4) is 17.2 Å². The van der Waals surface area contributed by atoms with E-state index in [4.69, 9.17) is 13.9 Å². The first-order chi connectivity index (χ1) is 18.0. The number of ether oxygens (including phenoxy) is 2. The van der Waals surface area contributed by atoms with E-state index < -0.39 is 24.0 Å². The van der Waals surface area contributed by atoms with Crippen LogP contribution >= 0.6 is 0 Å². The van der Waals surface area contributed by atoms with Gasteiger partial charge < -0.3 is 24.3 Å². The zero-order valence-electron chi connectivity index (χ0n) is 20.2. The van der Waals surface area contributed by atoms with Crippen LogP contribution in [0, 0.1) is 6.92 Å². The number of phenols is 1. The molecule has 1 aromatic heterocycles. The second kappa shape index (κ2) is 10.5. The Morgan fingerprint density at radius 2 is 1.73 bits per heavy atom. The fourth-order valence-electron chi connectivity index (χ4n) is 4.20. The van der Waals surface area contributed by atoms with Crippen LogP contribution in [-0.4, -0.2) is 29.6 Å². The predicted octanol–water partition coefficient (Wildman–Crippen LogP) is 4.52. The van der Waals surface area contributed by atoms with Crippen molar-refractivity contribution in [1.82, 2.24) is 5.32 Å². The van der Waals surface area contributed by atoms with Gasteiger partial charge in [-0.1, -0.05) is 48.5 Å². The summed E-state index contributed by atoms with van der Waals surface area (Å²) in [6.45, 7) is 1.98. The number of nitrogens with zero attached hydrogens (tertiary/aromatic N) is 1. The third-order valence-electron chi connectivity index (χ3n) is 5.98. The lowest BCUT2D eigenvalue weighted by Gasteiger charge is -2.34. The number of hydrogen-bond donors (Lipinski definition) is 2. The Kier molecular flexibility index (Phi) is 6.81. The van der Waals surface area contributed by atoms with Crippen molar-refractivity contribution in [1.29, 1.82) is 0 Å². The lowest BCUT2D eigenvalue weighted by Crippen LogP contribution is -2.51. The molecule has 8 heteroatoms. The van der Waals surface area contributed by atoms with E-state index in [0.717, 1.165) is 5.56 Å². The van der Waals surface area contributed by atoms with Gasteiger partial charge in [0.05, 0.1) is 0 Å². The average Bonchev–Trinajstić information content (AvgIpc) is 3.35. The summed E-state index contributed by atoms with van der Waals surface area (Å²) in [6.07, 6.45) is -1.03. The number of hydrogen-bond acceptors (Lipinski definition) is 6. The van der Waals surface area contributed by atoms with Crippen molar-refractivity contribution in [3.63, 3.8) is 0 Å². The fraction of sp³-hybridized carbons (Fsp3) is 0.172. The van der Waals surface area contributed by atoms with Gasteiger partial charge in [-0.3, -0.25) is 14.5 Å². The van der Waals surface area contributed by atoms with Crippen molar-refractivity contribution in [2.75, 3.05) is 11.5 Å². The molecule has 2 heterocycles. The van der Waals surface area contributed by atoms with Crippen LogP contribution in [0.3, 0.4) is 0 Å². The minimum atomic E-state index is -1.17. The van der Waals surface area contributed by atoms with Crippen LogP contribution in [0.5, 0.6) is 17.2 Å². The number of aromatic hydroxyl groups is 1. The molecule has 0 saturated heterocycles. The highest BCUT2D eigenvalue weighted by Gasteiger charge is 2.40. The molecule has 1 aliphatic heterocycles. The molecule has 5 rings (SSSR count). The number of rotatable bonds is 7. The number of anilines is 1. The number of furan rings is 1. The minimum Gasteiger partial charge on any atom is -0.508 e. The van der Waals surface area contributed by atoms with Crippen LogP contribution in [0.1, 0.15) is 23.1 Å². The van der Waals surface area contributed by atoms with Crippen molar-refractivity contribution >= 4 is 17.5 Å². The molecule has 1 aliphatic rings. The molecule has 0 aliphatic carbocycles. The van der Waals surface area contributed by atoms with Crippen LogP contribution in [0.15, 0.2) is 95.4 Å². The maximum Gasteiger partial charge on any atom is 0.272 e. The molecule has 8 nitrogen and oxygen atoms in total. The molecular weight excluding hydrogens is 472 g/mol. The Balaban J connectivity index is 1.52. The standard InChI is InChI=1S/C29H26N2O6/c1-19-14-15-25(36-19)27(28(33)30-17-20-8-3-2-4-9-20)31(21-10-7-11-22(32)16-21)29(34)26-18-35-23-12-5-6-13-24(23)37-26/h2-16,26-27,32H,17-18H2,1H3,(H,30,33)/t26-,27-/m0/s1. The summed E-state index contributed by atoms with van der Waals surface area (Å²) < 4.78 is 17.6. The molecule has 2 N–H and O–H groups in total. The number of nitrogens with one attached hydrogen (secondary N) is 1. The SMILES string of the molecule is Cc1ccc([C@@H](C(=O)NCc2ccccc2)N(C(=O)[C@@H]2COc3ccccc3O2)c2cccc(O)c2)o1. The highest BCUT2D eigenvalue weighted by Crippen LogP contribution is 2.35. The molecule has 0 fully saturated rings. The Bertz CT molecular complexity index is 1400. The van der Waals surface area contributed by atoms with Gasteiger partial charge in [-0.05, 0) is 48.9 Å². The molecule has 0 bridgehead atoms. The smallest absolute Gasteiger partial charge is 0.272 e. The van der Waals surface area contributed by atoms with Gasteiger partial charge in [0.1, 0.15) is 23.9 Å². The number of carbonyl (C=O) groups is 2. The average molecular weight is 499 g/mol. The Labute approximate surface area is 214 Å². The van der Waals surface area contributed by atoms with Gasteiger partial charge in [0, 0.05) is 18.3 Å². The second-order valence-electron chi connectivity index (χ2n) is 8.65. The summed E-state index contributed by atoms with van der Waals surface area (Å²) in [5.74, 6) is 0.806. The topological polar surface area (TPSA) is 101 Å². The van der Waals surface area contributed by atoms with Crippen LogP contribution in [0.25, 0.3) is 0 Å². The van der Waals surface area contributed by atoms with E-state index in [0.29, 0.717) is 22.9 Å². The molecular formula is C29H26N2O6. The summed E-state index contributed by atoms with van der Waals surface area (Å²) in [6, 6.07) is 24.9. The summed E-state index contributed by atoms with van der Waals surface area (Å²) in [5, 5.41) is 13.1. The van der Waals surface area contributed by atoms with Crippen LogP contribution in [0.4, 0.5) is 5.69 Å². The van der Waals surface area contributed by atoms with Gasteiger partial charge in [0.2, 0.25) is 6.10 Å². The Hall–Kier alpha value is -4.72. The van der Waals surface area contributed by atoms with E-state index in [1.165, 1.54) is 17.0 Å². The molecule has 37 heavy (non-hydrogen) atoms. The molecule has 4 aromatic rings. The van der Waals surface area contributed by atoms with Gasteiger partial charge in [-0.25, -0.2) is 0 Å². The van der Waals surface area contributed by atoms with Crippen molar-refractivity contribution < 1.29 is 28.6 Å². The zero-order valence-corrected chi connectivity index (χ0v) is 20.2. The molecule has 0 spiro atoms. The summed E-state index contributed by atoms with van der Waals surface area (Å²) in [7, 11) is 0. The van der Waals surface area contributed by atoms with Gasteiger partial charge in [0.15, 0.2) is 17.5 Å². The zero-order chi connectivity index (χ0) is 25.8. The number of fused-ring (bicyclic) bond motifs is 1. The lowest BCUT2D eigenvalue weighted by atomic mass is 10.1. The first-order valence-electron chi connectivity index (χ1n) is 11.9. The van der Waals surface area contributed by atoms with Gasteiger partial charge in [0.25, 0.3) is 11.8 Å². The van der Waals surface area contributed by atoms with E-state index in [1.807, 2.05) is 36.4 Å². The molecule has 188 valence electrons. The van der Waals surface area contributed by atoms with E-state index in [2.05, 4.69) is 5.32 Å². The van der Waals surface area contributed by atoms with Gasteiger partial charge >= 0.3 is 0 Å². The largest absolute Gasteiger partial charge is 0.508 e. The fourth-order valence-corrected chi connectivity index (χ4v) is 4.20. The predicted molar refractivity (Wildman–Crippen MR) is 136 cm³/mol.